The number of nitrogens with zero attached hydrogens (tertiary/aromatic N) is 1. The van der Waals surface area contributed by atoms with Gasteiger partial charge in [0.25, 0.3) is 0 Å². The van der Waals surface area contributed by atoms with Crippen LogP contribution in [0.2, 0.25) is 0 Å². The van der Waals surface area contributed by atoms with Gasteiger partial charge in [0.15, 0.2) is 0 Å². The molecule has 3 aromatic rings. The molecule has 0 fully saturated rings. The van der Waals surface area contributed by atoms with Gasteiger partial charge in [-0.1, -0.05) is 12.1 Å². The zero-order valence-electron chi connectivity index (χ0n) is 12.5. The van der Waals surface area contributed by atoms with Crippen LogP contribution in [-0.2, 0) is 16.4 Å². The molecule has 1 aromatic heterocycles. The maximum Gasteiger partial charge on any atom is 0.240 e. The van der Waals surface area contributed by atoms with E-state index in [2.05, 4.69) is 14.7 Å². The largest absolute Gasteiger partial charge is 0.342 e. The van der Waals surface area contributed by atoms with Gasteiger partial charge in [-0.05, 0) is 49.2 Å². The zero-order chi connectivity index (χ0) is 16.4. The van der Waals surface area contributed by atoms with Crippen LogP contribution >= 0.6 is 0 Å². The minimum atomic E-state index is -3.59. The van der Waals surface area contributed by atoms with Crippen LogP contribution in [0.4, 0.5) is 4.39 Å². The van der Waals surface area contributed by atoms with E-state index in [0.29, 0.717) is 11.9 Å². The number of halogens is 1. The van der Waals surface area contributed by atoms with Crippen molar-refractivity contribution in [3.05, 3.63) is 59.7 Å². The fourth-order valence-electron chi connectivity index (χ4n) is 2.35. The topological polar surface area (TPSA) is 74.8 Å². The Balaban J connectivity index is 1.71. The number of hydrogen-bond donors (Lipinski definition) is 2. The Bertz CT molecular complexity index is 934. The first kappa shape index (κ1) is 15.6. The maximum atomic E-state index is 12.8. The van der Waals surface area contributed by atoms with Gasteiger partial charge < -0.3 is 4.98 Å². The molecule has 0 aliphatic rings. The lowest BCUT2D eigenvalue weighted by Gasteiger charge is -2.07. The summed E-state index contributed by atoms with van der Waals surface area (Å²) in [6.07, 6.45) is 0.491. The number of imidazole rings is 1. The Morgan fingerprint density at radius 3 is 2.65 bits per heavy atom. The van der Waals surface area contributed by atoms with Gasteiger partial charge in [-0.25, -0.2) is 22.5 Å². The second-order valence-corrected chi connectivity index (χ2v) is 7.04. The molecule has 7 heteroatoms. The summed E-state index contributed by atoms with van der Waals surface area (Å²) in [7, 11) is -3.59. The van der Waals surface area contributed by atoms with Crippen LogP contribution in [0, 0.1) is 12.7 Å². The number of rotatable bonds is 5. The summed E-state index contributed by atoms with van der Waals surface area (Å²) >= 11 is 0. The lowest BCUT2D eigenvalue weighted by molar-refractivity contribution is 0.581. The fourth-order valence-corrected chi connectivity index (χ4v) is 3.41. The van der Waals surface area contributed by atoms with Crippen molar-refractivity contribution < 1.29 is 12.8 Å². The number of H-pyrrole nitrogens is 1. The quantitative estimate of drug-likeness (QED) is 0.753. The van der Waals surface area contributed by atoms with Gasteiger partial charge in [0.05, 0.1) is 15.9 Å². The molecule has 3 rings (SSSR count). The molecule has 2 aromatic carbocycles. The molecule has 1 heterocycles. The molecular formula is C16H16FN3O2S. The van der Waals surface area contributed by atoms with Gasteiger partial charge >= 0.3 is 0 Å². The molecule has 0 bridgehead atoms. The van der Waals surface area contributed by atoms with Gasteiger partial charge in [-0.2, -0.15) is 0 Å². The second-order valence-electron chi connectivity index (χ2n) is 5.28. The van der Waals surface area contributed by atoms with Crippen LogP contribution in [0.1, 0.15) is 11.4 Å². The molecule has 0 saturated heterocycles. The fraction of sp³-hybridized carbons (Fsp3) is 0.188. The van der Waals surface area contributed by atoms with Crippen LogP contribution in [0.25, 0.3) is 11.0 Å². The van der Waals surface area contributed by atoms with Crippen LogP contribution < -0.4 is 4.72 Å². The molecule has 0 spiro atoms. The molecule has 120 valence electrons. The van der Waals surface area contributed by atoms with E-state index < -0.39 is 10.0 Å². The van der Waals surface area contributed by atoms with Crippen molar-refractivity contribution >= 4 is 21.1 Å². The van der Waals surface area contributed by atoms with Crippen molar-refractivity contribution in [3.8, 4) is 0 Å². The van der Waals surface area contributed by atoms with Gasteiger partial charge in [0.2, 0.25) is 10.0 Å². The highest BCUT2D eigenvalue weighted by atomic mass is 32.2. The normalized spacial score (nSPS) is 11.9. The lowest BCUT2D eigenvalue weighted by atomic mass is 10.1. The van der Waals surface area contributed by atoms with Crippen LogP contribution in [0.3, 0.4) is 0 Å². The van der Waals surface area contributed by atoms with E-state index in [0.717, 1.165) is 16.9 Å². The summed E-state index contributed by atoms with van der Waals surface area (Å²) in [5.41, 5.74) is 2.28. The first-order valence-electron chi connectivity index (χ1n) is 7.14. The van der Waals surface area contributed by atoms with Crippen molar-refractivity contribution in [1.29, 1.82) is 0 Å². The van der Waals surface area contributed by atoms with E-state index in [-0.39, 0.29) is 17.3 Å². The molecule has 0 saturated carbocycles. The molecule has 5 nitrogen and oxygen atoms in total. The van der Waals surface area contributed by atoms with Crippen molar-refractivity contribution in [2.75, 3.05) is 6.54 Å². The van der Waals surface area contributed by atoms with Crippen LogP contribution in [0.15, 0.2) is 47.4 Å². The predicted molar refractivity (Wildman–Crippen MR) is 86.1 cm³/mol. The Hall–Kier alpha value is -2.25. The number of benzene rings is 2. The third-order valence-electron chi connectivity index (χ3n) is 3.50. The first-order valence-corrected chi connectivity index (χ1v) is 8.63. The summed E-state index contributed by atoms with van der Waals surface area (Å²) < 4.78 is 40.0. The Labute approximate surface area is 133 Å². The number of hydrogen-bond acceptors (Lipinski definition) is 3. The molecule has 0 atom stereocenters. The summed E-state index contributed by atoms with van der Waals surface area (Å²) in [6, 6.07) is 10.8. The standard InChI is InChI=1S/C16H16FN3O2S/c1-11-19-15-7-6-14(10-16(15)20-11)23(21,22)18-9-8-12-2-4-13(17)5-3-12/h2-7,10,18H,8-9H2,1H3,(H,19,20). The number of aryl methyl sites for hydroxylation is 1. The molecule has 0 amide bonds. The van der Waals surface area contributed by atoms with Crippen LogP contribution in [-0.4, -0.2) is 24.9 Å². The molecular weight excluding hydrogens is 317 g/mol. The third-order valence-corrected chi connectivity index (χ3v) is 4.96. The number of aromatic nitrogens is 2. The Morgan fingerprint density at radius 1 is 1.17 bits per heavy atom. The van der Waals surface area contributed by atoms with E-state index in [4.69, 9.17) is 0 Å². The van der Waals surface area contributed by atoms with Gasteiger partial charge in [0, 0.05) is 6.54 Å². The Kier molecular flexibility index (Phi) is 4.14. The summed E-state index contributed by atoms with van der Waals surface area (Å²) in [5.74, 6) is 0.427. The second kappa shape index (κ2) is 6.10. The minimum absolute atomic E-state index is 0.188. The summed E-state index contributed by atoms with van der Waals surface area (Å²) in [6.45, 7) is 2.06. The van der Waals surface area contributed by atoms with E-state index in [1.807, 2.05) is 6.92 Å². The zero-order valence-corrected chi connectivity index (χ0v) is 13.3. The maximum absolute atomic E-state index is 12.8. The smallest absolute Gasteiger partial charge is 0.240 e. The molecule has 0 unspecified atom stereocenters. The summed E-state index contributed by atoms with van der Waals surface area (Å²) in [4.78, 5) is 7.45. The van der Waals surface area contributed by atoms with E-state index in [1.54, 1.807) is 24.3 Å². The minimum Gasteiger partial charge on any atom is -0.342 e. The molecule has 0 aliphatic heterocycles. The van der Waals surface area contributed by atoms with E-state index >= 15 is 0 Å². The van der Waals surface area contributed by atoms with Gasteiger partial charge in [-0.15, -0.1) is 0 Å². The van der Waals surface area contributed by atoms with Crippen LogP contribution in [0.5, 0.6) is 0 Å². The molecule has 0 aliphatic carbocycles. The number of fused-ring (bicyclic) bond motifs is 1. The predicted octanol–water partition coefficient (Wildman–Crippen LogP) is 2.53. The van der Waals surface area contributed by atoms with Crippen molar-refractivity contribution in [3.63, 3.8) is 0 Å². The SMILES string of the molecule is Cc1nc2ccc(S(=O)(=O)NCCc3ccc(F)cc3)cc2[nH]1. The highest BCUT2D eigenvalue weighted by molar-refractivity contribution is 7.89. The van der Waals surface area contributed by atoms with Crippen molar-refractivity contribution in [1.82, 2.24) is 14.7 Å². The Morgan fingerprint density at radius 2 is 1.91 bits per heavy atom. The first-order chi connectivity index (χ1) is 10.9. The average molecular weight is 333 g/mol. The summed E-state index contributed by atoms with van der Waals surface area (Å²) in [5, 5.41) is 0. The molecule has 0 radical (unpaired) electrons. The third kappa shape index (κ3) is 3.57. The lowest BCUT2D eigenvalue weighted by Crippen LogP contribution is -2.26. The average Bonchev–Trinajstić information content (AvgIpc) is 2.88. The molecule has 2 N–H and O–H groups in total. The van der Waals surface area contributed by atoms with Gasteiger partial charge in [-0.3, -0.25) is 0 Å². The highest BCUT2D eigenvalue weighted by Crippen LogP contribution is 2.17. The van der Waals surface area contributed by atoms with Gasteiger partial charge in [0.1, 0.15) is 11.6 Å². The number of nitrogens with one attached hydrogen (secondary N) is 2. The monoisotopic (exact) mass is 333 g/mol. The van der Waals surface area contributed by atoms with E-state index in [9.17, 15) is 12.8 Å². The van der Waals surface area contributed by atoms with Crippen molar-refractivity contribution in [2.24, 2.45) is 0 Å². The number of aromatic amines is 1. The van der Waals surface area contributed by atoms with Crippen molar-refractivity contribution in [2.45, 2.75) is 18.2 Å². The number of sulfonamides is 1. The van der Waals surface area contributed by atoms with E-state index in [1.165, 1.54) is 18.2 Å². The highest BCUT2D eigenvalue weighted by Gasteiger charge is 2.14. The molecule has 23 heavy (non-hydrogen) atoms.